The molecule has 100 valence electrons. The zero-order chi connectivity index (χ0) is 13.7. The highest BCUT2D eigenvalue weighted by atomic mass is 32.1. The molecule has 0 saturated carbocycles. The summed E-state index contributed by atoms with van der Waals surface area (Å²) in [6.07, 6.45) is -2.48. The van der Waals surface area contributed by atoms with Crippen molar-refractivity contribution in [1.29, 1.82) is 0 Å². The zero-order valence-electron chi connectivity index (χ0n) is 9.96. The van der Waals surface area contributed by atoms with Gasteiger partial charge in [-0.2, -0.15) is 8.78 Å². The molecule has 1 aromatic rings. The molecular weight excluding hydrogens is 264 g/mol. The summed E-state index contributed by atoms with van der Waals surface area (Å²) in [6.45, 7) is 3.68. The van der Waals surface area contributed by atoms with Crippen molar-refractivity contribution in [3.8, 4) is 0 Å². The van der Waals surface area contributed by atoms with E-state index in [-0.39, 0.29) is 17.2 Å². The van der Waals surface area contributed by atoms with Crippen molar-refractivity contribution < 1.29 is 23.1 Å². The Balaban J connectivity index is 2.98. The minimum Gasteiger partial charge on any atom is -0.462 e. The van der Waals surface area contributed by atoms with Crippen molar-refractivity contribution in [1.82, 2.24) is 0 Å². The van der Waals surface area contributed by atoms with Crippen LogP contribution in [0.3, 0.4) is 0 Å². The van der Waals surface area contributed by atoms with Crippen LogP contribution in [0.25, 0.3) is 0 Å². The molecule has 0 aromatic carbocycles. The van der Waals surface area contributed by atoms with Crippen LogP contribution < -0.4 is 5.32 Å². The molecule has 0 aliphatic carbocycles. The number of hydrogen-bond acceptors (Lipinski definition) is 4. The Morgan fingerprint density at radius 1 is 1.44 bits per heavy atom. The van der Waals surface area contributed by atoms with Gasteiger partial charge in [0, 0.05) is 4.88 Å². The van der Waals surface area contributed by atoms with Gasteiger partial charge < -0.3 is 10.1 Å². The second kappa shape index (κ2) is 6.44. The summed E-state index contributed by atoms with van der Waals surface area (Å²) in [5.41, 5.74) is 0.118. The van der Waals surface area contributed by atoms with Gasteiger partial charge in [-0.05, 0) is 19.4 Å². The highest BCUT2D eigenvalue weighted by molar-refractivity contribution is 7.16. The molecule has 1 amide bonds. The Labute approximate surface area is 107 Å². The smallest absolute Gasteiger partial charge is 0.341 e. The molecule has 1 heterocycles. The van der Waals surface area contributed by atoms with E-state index in [9.17, 15) is 18.4 Å². The highest BCUT2D eigenvalue weighted by Crippen LogP contribution is 2.29. The van der Waals surface area contributed by atoms with Crippen molar-refractivity contribution in [3.05, 3.63) is 16.5 Å². The molecule has 0 unspecified atom stereocenters. The Morgan fingerprint density at radius 3 is 2.61 bits per heavy atom. The number of anilines is 1. The number of carbonyl (C=O) groups excluding carboxylic acids is 2. The number of ether oxygens (including phenoxy) is 1. The fourth-order valence-electron chi connectivity index (χ4n) is 1.24. The van der Waals surface area contributed by atoms with Crippen molar-refractivity contribution in [3.63, 3.8) is 0 Å². The van der Waals surface area contributed by atoms with E-state index in [1.165, 1.54) is 0 Å². The summed E-state index contributed by atoms with van der Waals surface area (Å²) >= 11 is 1.09. The van der Waals surface area contributed by atoms with Crippen molar-refractivity contribution in [2.75, 3.05) is 11.9 Å². The van der Waals surface area contributed by atoms with Crippen LogP contribution in [0.5, 0.6) is 0 Å². The van der Waals surface area contributed by atoms with E-state index < -0.39 is 18.3 Å². The third kappa shape index (κ3) is 3.49. The van der Waals surface area contributed by atoms with Crippen LogP contribution in [-0.2, 0) is 16.0 Å². The lowest BCUT2D eigenvalue weighted by atomic mass is 10.2. The summed E-state index contributed by atoms with van der Waals surface area (Å²) in [4.78, 5) is 23.3. The third-order valence-corrected chi connectivity index (χ3v) is 3.26. The molecule has 0 aliphatic heterocycles. The van der Waals surface area contributed by atoms with E-state index in [2.05, 4.69) is 0 Å². The second-order valence-electron chi connectivity index (χ2n) is 3.32. The normalized spacial score (nSPS) is 10.5. The summed E-state index contributed by atoms with van der Waals surface area (Å²) in [7, 11) is 0. The number of carbonyl (C=O) groups is 2. The molecule has 18 heavy (non-hydrogen) atoms. The fourth-order valence-corrected chi connectivity index (χ4v) is 2.22. The first-order valence-corrected chi connectivity index (χ1v) is 6.20. The van der Waals surface area contributed by atoms with Gasteiger partial charge in [-0.1, -0.05) is 6.92 Å². The van der Waals surface area contributed by atoms with Crippen LogP contribution in [0, 0.1) is 0 Å². The number of rotatable bonds is 5. The third-order valence-electron chi connectivity index (χ3n) is 2.06. The number of nitrogens with one attached hydrogen (secondary N) is 1. The molecule has 7 heteroatoms. The minimum absolute atomic E-state index is 0.107. The number of thiophene rings is 1. The predicted molar refractivity (Wildman–Crippen MR) is 64.3 cm³/mol. The summed E-state index contributed by atoms with van der Waals surface area (Å²) in [5.74, 6) is -2.05. The Bertz CT molecular complexity index is 445. The van der Waals surface area contributed by atoms with Crippen LogP contribution in [0.2, 0.25) is 0 Å². The molecule has 4 nitrogen and oxygen atoms in total. The number of esters is 1. The SMILES string of the molecule is CCOC(=O)c1cc(CC)sc1NC(=O)C(F)F. The van der Waals surface area contributed by atoms with Crippen LogP contribution in [0.15, 0.2) is 6.07 Å². The van der Waals surface area contributed by atoms with Gasteiger partial charge in [0.05, 0.1) is 12.2 Å². The molecule has 0 bridgehead atoms. The van der Waals surface area contributed by atoms with Crippen LogP contribution in [0.1, 0.15) is 29.1 Å². The van der Waals surface area contributed by atoms with E-state index in [0.29, 0.717) is 6.42 Å². The van der Waals surface area contributed by atoms with Gasteiger partial charge in [0.15, 0.2) is 0 Å². The van der Waals surface area contributed by atoms with Crippen LogP contribution >= 0.6 is 11.3 Å². The van der Waals surface area contributed by atoms with Gasteiger partial charge in [0.1, 0.15) is 5.00 Å². The van der Waals surface area contributed by atoms with Gasteiger partial charge in [0.2, 0.25) is 0 Å². The summed E-state index contributed by atoms with van der Waals surface area (Å²) < 4.78 is 29.1. The molecule has 0 fully saturated rings. The number of amides is 1. The minimum atomic E-state index is -3.12. The first-order valence-electron chi connectivity index (χ1n) is 5.38. The monoisotopic (exact) mass is 277 g/mol. The van der Waals surface area contributed by atoms with Crippen LogP contribution in [-0.4, -0.2) is 24.9 Å². The van der Waals surface area contributed by atoms with E-state index in [0.717, 1.165) is 16.2 Å². The Kier molecular flexibility index (Phi) is 5.21. The van der Waals surface area contributed by atoms with Gasteiger partial charge in [-0.3, -0.25) is 4.79 Å². The first-order chi connectivity index (χ1) is 8.49. The molecule has 1 aromatic heterocycles. The van der Waals surface area contributed by atoms with Gasteiger partial charge in [-0.15, -0.1) is 11.3 Å². The summed E-state index contributed by atoms with van der Waals surface area (Å²) in [6, 6.07) is 1.55. The number of hydrogen-bond donors (Lipinski definition) is 1. The van der Waals surface area contributed by atoms with E-state index >= 15 is 0 Å². The fraction of sp³-hybridized carbons (Fsp3) is 0.455. The molecule has 1 rings (SSSR count). The lowest BCUT2D eigenvalue weighted by molar-refractivity contribution is -0.126. The van der Waals surface area contributed by atoms with Gasteiger partial charge in [-0.25, -0.2) is 4.79 Å². The molecule has 0 saturated heterocycles. The maximum atomic E-state index is 12.2. The molecular formula is C11H13F2NO3S. The Morgan fingerprint density at radius 2 is 2.11 bits per heavy atom. The highest BCUT2D eigenvalue weighted by Gasteiger charge is 2.22. The van der Waals surface area contributed by atoms with E-state index in [1.807, 2.05) is 12.2 Å². The maximum absolute atomic E-state index is 12.2. The molecule has 0 atom stereocenters. The molecule has 0 radical (unpaired) electrons. The number of halogens is 2. The second-order valence-corrected chi connectivity index (χ2v) is 4.46. The van der Waals surface area contributed by atoms with Gasteiger partial charge in [0.25, 0.3) is 5.91 Å². The van der Waals surface area contributed by atoms with Crippen molar-refractivity contribution in [2.45, 2.75) is 26.7 Å². The van der Waals surface area contributed by atoms with Crippen molar-refractivity contribution in [2.24, 2.45) is 0 Å². The van der Waals surface area contributed by atoms with E-state index in [1.54, 1.807) is 13.0 Å². The molecule has 0 spiro atoms. The molecule has 0 aliphatic rings. The zero-order valence-corrected chi connectivity index (χ0v) is 10.8. The maximum Gasteiger partial charge on any atom is 0.341 e. The topological polar surface area (TPSA) is 55.4 Å². The van der Waals surface area contributed by atoms with Crippen molar-refractivity contribution >= 4 is 28.2 Å². The average Bonchev–Trinajstić information content (AvgIpc) is 2.72. The quantitative estimate of drug-likeness (QED) is 0.842. The predicted octanol–water partition coefficient (Wildman–Crippen LogP) is 2.69. The Hall–Kier alpha value is -1.50. The van der Waals surface area contributed by atoms with Gasteiger partial charge >= 0.3 is 12.4 Å². The number of alkyl halides is 2. The largest absolute Gasteiger partial charge is 0.462 e. The summed E-state index contributed by atoms with van der Waals surface area (Å²) in [5, 5.41) is 2.14. The average molecular weight is 277 g/mol. The standard InChI is InChI=1S/C11H13F2NO3S/c1-3-6-5-7(11(16)17-4-2)10(18-6)14-9(15)8(12)13/h5,8H,3-4H2,1-2H3,(H,14,15). The van der Waals surface area contributed by atoms with E-state index in [4.69, 9.17) is 4.74 Å². The lowest BCUT2D eigenvalue weighted by Gasteiger charge is -2.04. The first kappa shape index (κ1) is 14.6. The molecule has 1 N–H and O–H groups in total. The lowest BCUT2D eigenvalue weighted by Crippen LogP contribution is -2.20. The number of aryl methyl sites for hydroxylation is 1. The van der Waals surface area contributed by atoms with Crippen LogP contribution in [0.4, 0.5) is 13.8 Å².